The summed E-state index contributed by atoms with van der Waals surface area (Å²) in [4.78, 5) is 44.7. The lowest BCUT2D eigenvalue weighted by molar-refractivity contribution is 0.0263. The molecule has 3 fully saturated rings. The van der Waals surface area contributed by atoms with Gasteiger partial charge in [-0.25, -0.2) is 24.9 Å². The number of nitrogens with zero attached hydrogens (tertiary/aromatic N) is 10. The average Bonchev–Trinajstić information content (AvgIpc) is 3.99. The van der Waals surface area contributed by atoms with E-state index in [1.165, 1.54) is 11.8 Å². The summed E-state index contributed by atoms with van der Waals surface area (Å²) in [7, 11) is 1.86. The van der Waals surface area contributed by atoms with Crippen LogP contribution in [0, 0.1) is 5.41 Å². The first-order valence-electron chi connectivity index (χ1n) is 20.0. The molecular weight excluding hydrogens is 824 g/mol. The number of anilines is 5. The van der Waals surface area contributed by atoms with Gasteiger partial charge in [-0.1, -0.05) is 23.4 Å². The lowest BCUT2D eigenvalue weighted by Gasteiger charge is -2.41. The second-order valence-corrected chi connectivity index (χ2v) is 18.4. The number of rotatable bonds is 9. The van der Waals surface area contributed by atoms with E-state index in [1.54, 1.807) is 46.9 Å². The van der Waals surface area contributed by atoms with Crippen molar-refractivity contribution in [2.75, 3.05) is 80.8 Å². The van der Waals surface area contributed by atoms with Crippen LogP contribution in [0.2, 0.25) is 5.02 Å². The Bertz CT molecular complexity index is 2330. The summed E-state index contributed by atoms with van der Waals surface area (Å²) >= 11 is 9.17. The quantitative estimate of drug-likeness (QED) is 0.155. The largest absolute Gasteiger partial charge is 0.382 e. The van der Waals surface area contributed by atoms with Crippen LogP contribution in [-0.2, 0) is 22.1 Å². The van der Waals surface area contributed by atoms with Crippen LogP contribution in [0.5, 0.6) is 0 Å². The first-order chi connectivity index (χ1) is 28.8. The molecule has 9 rings (SSSR count). The number of fused-ring (bicyclic) bond motifs is 1. The second-order valence-electron chi connectivity index (χ2n) is 16.0. The van der Waals surface area contributed by atoms with Gasteiger partial charge in [-0.05, 0) is 51.8 Å². The number of ether oxygens (including phenoxy) is 2. The molecule has 9 heterocycles. The van der Waals surface area contributed by atoms with Gasteiger partial charge in [0.25, 0.3) is 5.91 Å². The maximum Gasteiger partial charge on any atom is 0.255 e. The van der Waals surface area contributed by atoms with Crippen molar-refractivity contribution in [2.45, 2.75) is 61.2 Å². The third-order valence-corrected chi connectivity index (χ3v) is 15.0. The number of hydrogen-bond donors (Lipinski definition) is 4. The van der Waals surface area contributed by atoms with Crippen LogP contribution in [0.1, 0.15) is 48.8 Å². The van der Waals surface area contributed by atoms with E-state index in [4.69, 9.17) is 38.3 Å². The standard InChI is InChI=1S/C22H27N7O2S.C18H24ClN7OS/c1-22(2)19-15(20(30)29(22)9-8-28-10-12-31-13-11-28)14-17(32-19)16-4-6-23-21(25-16)26-18-5-7-24-27(18)3;1-10-14(20)18(9-27-10)3-6-26(7-4-18)12-8-24-17(16(22)25-12)28-11-2-5-23-15(21)13(11)19/h4-7,14H,8-13H2,1-3H3,(H,23,25,26);2,5,8,10,14H,3-4,6-7,9,20H2,1H3,(H2,21,23)(H2,22,25). The van der Waals surface area contributed by atoms with E-state index >= 15 is 0 Å². The molecule has 7 N–H and O–H groups in total. The van der Waals surface area contributed by atoms with Gasteiger partial charge in [0.15, 0.2) is 5.82 Å². The van der Waals surface area contributed by atoms with E-state index in [1.807, 2.05) is 30.1 Å². The Labute approximate surface area is 362 Å². The average molecular weight is 876 g/mol. The Balaban J connectivity index is 0.000000168. The molecule has 0 bridgehead atoms. The van der Waals surface area contributed by atoms with Gasteiger partial charge >= 0.3 is 0 Å². The fourth-order valence-electron chi connectivity index (χ4n) is 8.16. The van der Waals surface area contributed by atoms with E-state index in [-0.39, 0.29) is 34.8 Å². The topological polar surface area (TPSA) is 218 Å². The maximum absolute atomic E-state index is 13.3. The van der Waals surface area contributed by atoms with Gasteiger partial charge in [-0.15, -0.1) is 11.3 Å². The van der Waals surface area contributed by atoms with E-state index in [9.17, 15) is 4.79 Å². The maximum atomic E-state index is 13.3. The first kappa shape index (κ1) is 42.1. The third-order valence-electron chi connectivity index (χ3n) is 11.9. The van der Waals surface area contributed by atoms with Crippen molar-refractivity contribution in [1.29, 1.82) is 0 Å². The van der Waals surface area contributed by atoms with Crippen LogP contribution in [0.4, 0.5) is 29.2 Å². The lowest BCUT2D eigenvalue weighted by Crippen LogP contribution is -2.50. The highest BCUT2D eigenvalue weighted by atomic mass is 35.5. The molecule has 60 heavy (non-hydrogen) atoms. The smallest absolute Gasteiger partial charge is 0.255 e. The highest BCUT2D eigenvalue weighted by molar-refractivity contribution is 7.99. The highest BCUT2D eigenvalue weighted by Gasteiger charge is 2.48. The molecule has 0 saturated carbocycles. The molecule has 17 nitrogen and oxygen atoms in total. The van der Waals surface area contributed by atoms with E-state index in [0.717, 1.165) is 109 Å². The molecule has 0 aromatic carbocycles. The van der Waals surface area contributed by atoms with Crippen molar-refractivity contribution in [3.8, 4) is 10.6 Å². The van der Waals surface area contributed by atoms with Crippen LogP contribution >= 0.6 is 34.7 Å². The number of carbonyl (C=O) groups is 1. The summed E-state index contributed by atoms with van der Waals surface area (Å²) in [5.41, 5.74) is 19.6. The molecule has 1 spiro atoms. The third kappa shape index (κ3) is 8.48. The summed E-state index contributed by atoms with van der Waals surface area (Å²) in [6.07, 6.45) is 8.87. The Morgan fingerprint density at radius 1 is 1.00 bits per heavy atom. The molecule has 2 atom stereocenters. The normalized spacial score (nSPS) is 20.9. The van der Waals surface area contributed by atoms with Crippen molar-refractivity contribution >= 4 is 69.8 Å². The number of amides is 1. The number of thiophene rings is 1. The van der Waals surface area contributed by atoms with Gasteiger partial charge in [0.1, 0.15) is 22.5 Å². The number of nitrogens with two attached hydrogens (primary N) is 3. The molecule has 20 heteroatoms. The zero-order chi connectivity index (χ0) is 42.2. The Hall–Kier alpha value is -4.63. The zero-order valence-electron chi connectivity index (χ0n) is 34.2. The zero-order valence-corrected chi connectivity index (χ0v) is 36.6. The number of nitrogen functional groups attached to an aromatic ring is 2. The molecule has 318 valence electrons. The van der Waals surface area contributed by atoms with Crippen molar-refractivity contribution in [1.82, 2.24) is 44.5 Å². The predicted octanol–water partition coefficient (Wildman–Crippen LogP) is 4.88. The Morgan fingerprint density at radius 2 is 1.77 bits per heavy atom. The van der Waals surface area contributed by atoms with Crippen LogP contribution in [0.25, 0.3) is 10.6 Å². The van der Waals surface area contributed by atoms with E-state index < -0.39 is 0 Å². The molecule has 1 amide bonds. The van der Waals surface area contributed by atoms with Crippen LogP contribution in [0.15, 0.2) is 59.0 Å². The molecule has 5 aromatic heterocycles. The molecule has 4 aliphatic rings. The summed E-state index contributed by atoms with van der Waals surface area (Å²) in [6, 6.07) is 7.58. The first-order valence-corrected chi connectivity index (χ1v) is 22.0. The van der Waals surface area contributed by atoms with Gasteiger partial charge in [0.05, 0.1) is 65.0 Å². The summed E-state index contributed by atoms with van der Waals surface area (Å²) in [6.45, 7) is 13.7. The molecule has 2 unspecified atom stereocenters. The molecular formula is C40H51ClN14O3S2. The highest BCUT2D eigenvalue weighted by Crippen LogP contribution is 2.46. The number of pyridine rings is 1. The van der Waals surface area contributed by atoms with Crippen LogP contribution in [0.3, 0.4) is 0 Å². The van der Waals surface area contributed by atoms with Crippen molar-refractivity contribution in [2.24, 2.45) is 18.2 Å². The number of nitrogens with one attached hydrogen (secondary N) is 1. The Kier molecular flexibility index (Phi) is 12.2. The minimum absolute atomic E-state index is 0.0721. The summed E-state index contributed by atoms with van der Waals surface area (Å²) < 4.78 is 12.9. The number of morpholine rings is 1. The van der Waals surface area contributed by atoms with Crippen molar-refractivity contribution in [3.05, 3.63) is 64.5 Å². The van der Waals surface area contributed by atoms with Crippen LogP contribution in [-0.4, -0.2) is 122 Å². The number of hydrogen-bond acceptors (Lipinski definition) is 17. The van der Waals surface area contributed by atoms with Gasteiger partial charge in [0, 0.05) is 86.0 Å². The van der Waals surface area contributed by atoms with Gasteiger partial charge < -0.3 is 41.8 Å². The van der Waals surface area contributed by atoms with Crippen LogP contribution < -0.4 is 27.4 Å². The minimum atomic E-state index is -0.343. The Morgan fingerprint density at radius 3 is 2.45 bits per heavy atom. The fraction of sp³-hybridized carbons (Fsp3) is 0.475. The van der Waals surface area contributed by atoms with Gasteiger partial charge in [0.2, 0.25) is 5.95 Å². The molecule has 3 saturated heterocycles. The lowest BCUT2D eigenvalue weighted by atomic mass is 9.73. The molecule has 0 aliphatic carbocycles. The van der Waals surface area contributed by atoms with Gasteiger partial charge in [-0.3, -0.25) is 14.4 Å². The van der Waals surface area contributed by atoms with Gasteiger partial charge in [-0.2, -0.15) is 5.10 Å². The number of carbonyl (C=O) groups excluding carboxylic acids is 1. The number of aromatic nitrogens is 7. The molecule has 5 aromatic rings. The SMILES string of the molecule is CC1OCC2(CCN(c3cnc(Sc4ccnc(N)c4Cl)c(N)n3)CC2)C1N.Cn1nccc1Nc1nccc(-c2cc3c(s2)C(C)(C)N(CCN2CCOCC2)C3=O)n1. The summed E-state index contributed by atoms with van der Waals surface area (Å²) in [5.74, 6) is 2.82. The predicted molar refractivity (Wildman–Crippen MR) is 235 cm³/mol. The monoisotopic (exact) mass is 874 g/mol. The second kappa shape index (κ2) is 17.4. The molecule has 0 radical (unpaired) electrons. The molecule has 4 aliphatic heterocycles. The fourth-order valence-corrected chi connectivity index (χ4v) is 10.4. The number of halogens is 1. The van der Waals surface area contributed by atoms with Crippen molar-refractivity contribution in [3.63, 3.8) is 0 Å². The van der Waals surface area contributed by atoms with E-state index in [0.29, 0.717) is 21.8 Å². The number of piperidine rings is 1. The number of aryl methyl sites for hydroxylation is 1. The van der Waals surface area contributed by atoms with E-state index in [2.05, 4.69) is 65.9 Å². The summed E-state index contributed by atoms with van der Waals surface area (Å²) in [5, 5.41) is 8.32. The van der Waals surface area contributed by atoms with Crippen molar-refractivity contribution < 1.29 is 14.3 Å². The minimum Gasteiger partial charge on any atom is -0.382 e.